The Morgan fingerprint density at radius 2 is 1.40 bits per heavy atom. The highest BCUT2D eigenvalue weighted by molar-refractivity contribution is 6.30. The van der Waals surface area contributed by atoms with Crippen LogP contribution in [0.5, 0.6) is 0 Å². The molecule has 0 aliphatic rings. The molecule has 0 aliphatic carbocycles. The average molecular weight is 284 g/mol. The highest BCUT2D eigenvalue weighted by Crippen LogP contribution is 2.26. The Morgan fingerprint density at radius 1 is 1.00 bits per heavy atom. The van der Waals surface area contributed by atoms with Crippen LogP contribution in [0.1, 0.15) is 38.8 Å². The zero-order valence-electron chi connectivity index (χ0n) is 12.8. The fraction of sp³-hybridized carbons (Fsp3) is 0.571. The van der Waals surface area contributed by atoms with Gasteiger partial charge in [-0.2, -0.15) is 0 Å². The molecule has 114 valence electrons. The van der Waals surface area contributed by atoms with E-state index in [-0.39, 0.29) is 0 Å². The van der Waals surface area contributed by atoms with E-state index >= 15 is 0 Å². The predicted molar refractivity (Wildman–Crippen MR) is 78.8 cm³/mol. The number of aliphatic hydroxyl groups is 1. The minimum Gasteiger partial charge on any atom is -0.402 e. The maximum atomic E-state index is 9.94. The SMILES string of the molecule is Cc1ccc(COC(C)(C)C(C)(C)O)cc1.OB(O)O. The van der Waals surface area contributed by atoms with Crippen LogP contribution < -0.4 is 0 Å². The van der Waals surface area contributed by atoms with E-state index in [2.05, 4.69) is 31.2 Å². The predicted octanol–water partition coefficient (Wildman–Crippen LogP) is 1.01. The normalized spacial score (nSPS) is 11.7. The van der Waals surface area contributed by atoms with Gasteiger partial charge in [-0.1, -0.05) is 29.8 Å². The second kappa shape index (κ2) is 7.76. The highest BCUT2D eigenvalue weighted by Gasteiger charge is 2.35. The third kappa shape index (κ3) is 7.62. The summed E-state index contributed by atoms with van der Waals surface area (Å²) in [6.07, 6.45) is 0. The molecule has 1 aromatic carbocycles. The molecule has 0 fully saturated rings. The molecule has 0 amide bonds. The Balaban J connectivity index is 0.000000796. The van der Waals surface area contributed by atoms with Crippen LogP contribution in [0.25, 0.3) is 0 Å². The fourth-order valence-electron chi connectivity index (χ4n) is 1.12. The molecule has 4 N–H and O–H groups in total. The third-order valence-corrected chi connectivity index (χ3v) is 3.19. The van der Waals surface area contributed by atoms with E-state index in [9.17, 15) is 5.11 Å². The molecule has 0 saturated heterocycles. The van der Waals surface area contributed by atoms with Crippen molar-refractivity contribution in [3.8, 4) is 0 Å². The maximum Gasteiger partial charge on any atom is 0.631 e. The maximum absolute atomic E-state index is 9.94. The number of hydrogen-bond donors (Lipinski definition) is 4. The second-order valence-corrected chi connectivity index (χ2v) is 5.69. The fourth-order valence-corrected chi connectivity index (χ4v) is 1.12. The molecule has 0 heterocycles. The summed E-state index contributed by atoms with van der Waals surface area (Å²) >= 11 is 0. The van der Waals surface area contributed by atoms with Crippen molar-refractivity contribution >= 4 is 7.32 Å². The first-order valence-corrected chi connectivity index (χ1v) is 6.42. The molecule has 1 aromatic rings. The minimum absolute atomic E-state index is 0.525. The Bertz CT molecular complexity index is 379. The number of aryl methyl sites for hydroxylation is 1. The standard InChI is InChI=1S/C14H22O2.BH3O3/c1-11-6-8-12(9-7-11)10-16-14(4,5)13(2,3)15;2-1(3)4/h6-9,15H,10H2,1-5H3;2-4H. The topological polar surface area (TPSA) is 90.2 Å². The second-order valence-electron chi connectivity index (χ2n) is 5.69. The van der Waals surface area contributed by atoms with E-state index in [1.807, 2.05) is 13.8 Å². The van der Waals surface area contributed by atoms with Crippen molar-refractivity contribution in [2.75, 3.05) is 0 Å². The molecule has 6 heteroatoms. The van der Waals surface area contributed by atoms with Crippen LogP contribution in [0.4, 0.5) is 0 Å². The van der Waals surface area contributed by atoms with E-state index < -0.39 is 18.5 Å². The Labute approximate surface area is 121 Å². The molecule has 20 heavy (non-hydrogen) atoms. The molecule has 0 aliphatic heterocycles. The van der Waals surface area contributed by atoms with Crippen LogP contribution in [0.15, 0.2) is 24.3 Å². The summed E-state index contributed by atoms with van der Waals surface area (Å²) in [7, 11) is -2.17. The van der Waals surface area contributed by atoms with Crippen molar-refractivity contribution in [1.82, 2.24) is 0 Å². The molecule has 5 nitrogen and oxygen atoms in total. The highest BCUT2D eigenvalue weighted by atomic mass is 16.5. The van der Waals surface area contributed by atoms with Crippen molar-refractivity contribution in [3.63, 3.8) is 0 Å². The molecular formula is C14H25BO5. The first-order chi connectivity index (χ1) is 8.95. The van der Waals surface area contributed by atoms with Gasteiger partial charge < -0.3 is 24.9 Å². The molecule has 0 unspecified atom stereocenters. The lowest BCUT2D eigenvalue weighted by Gasteiger charge is -2.37. The van der Waals surface area contributed by atoms with Gasteiger partial charge in [0.1, 0.15) is 0 Å². The van der Waals surface area contributed by atoms with Gasteiger partial charge in [0, 0.05) is 0 Å². The van der Waals surface area contributed by atoms with Crippen LogP contribution in [0, 0.1) is 6.92 Å². The monoisotopic (exact) mass is 284 g/mol. The molecule has 0 radical (unpaired) electrons. The van der Waals surface area contributed by atoms with Gasteiger partial charge in [0.2, 0.25) is 0 Å². The minimum atomic E-state index is -2.17. The molecule has 0 bridgehead atoms. The Hall–Kier alpha value is -0.915. The van der Waals surface area contributed by atoms with Gasteiger partial charge in [0.15, 0.2) is 0 Å². The first kappa shape index (κ1) is 19.1. The lowest BCUT2D eigenvalue weighted by atomic mass is 9.89. The van der Waals surface area contributed by atoms with E-state index in [0.717, 1.165) is 5.56 Å². The summed E-state index contributed by atoms with van der Waals surface area (Å²) in [5.41, 5.74) is 0.962. The van der Waals surface area contributed by atoms with Gasteiger partial charge in [-0.15, -0.1) is 0 Å². The van der Waals surface area contributed by atoms with Gasteiger partial charge in [0.25, 0.3) is 0 Å². The third-order valence-electron chi connectivity index (χ3n) is 3.19. The average Bonchev–Trinajstić information content (AvgIpc) is 2.26. The van der Waals surface area contributed by atoms with Crippen molar-refractivity contribution < 1.29 is 24.9 Å². The van der Waals surface area contributed by atoms with E-state index in [1.54, 1.807) is 13.8 Å². The Morgan fingerprint density at radius 3 is 1.75 bits per heavy atom. The summed E-state index contributed by atoms with van der Waals surface area (Å²) in [6.45, 7) is 9.93. The van der Waals surface area contributed by atoms with E-state index in [4.69, 9.17) is 19.8 Å². The smallest absolute Gasteiger partial charge is 0.402 e. The van der Waals surface area contributed by atoms with Gasteiger partial charge in [-0.05, 0) is 40.2 Å². The van der Waals surface area contributed by atoms with Crippen LogP contribution in [-0.2, 0) is 11.3 Å². The molecule has 0 spiro atoms. The zero-order chi connectivity index (χ0) is 16.0. The van der Waals surface area contributed by atoms with Crippen LogP contribution >= 0.6 is 0 Å². The molecule has 0 saturated carbocycles. The first-order valence-electron chi connectivity index (χ1n) is 6.42. The van der Waals surface area contributed by atoms with Crippen molar-refractivity contribution in [1.29, 1.82) is 0 Å². The number of ether oxygens (including phenoxy) is 1. The molecule has 0 aromatic heterocycles. The lowest BCUT2D eigenvalue weighted by molar-refractivity contribution is -0.153. The molecule has 1 rings (SSSR count). The van der Waals surface area contributed by atoms with Gasteiger partial charge in [-0.3, -0.25) is 0 Å². The van der Waals surface area contributed by atoms with Gasteiger partial charge >= 0.3 is 7.32 Å². The van der Waals surface area contributed by atoms with Gasteiger partial charge in [-0.25, -0.2) is 0 Å². The number of hydrogen-bond acceptors (Lipinski definition) is 5. The quantitative estimate of drug-likeness (QED) is 0.620. The van der Waals surface area contributed by atoms with Gasteiger partial charge in [0.05, 0.1) is 17.8 Å². The van der Waals surface area contributed by atoms with Crippen molar-refractivity contribution in [3.05, 3.63) is 35.4 Å². The van der Waals surface area contributed by atoms with E-state index in [0.29, 0.717) is 6.61 Å². The summed E-state index contributed by atoms with van der Waals surface area (Å²) in [5.74, 6) is 0. The summed E-state index contributed by atoms with van der Waals surface area (Å²) in [6, 6.07) is 8.23. The molecule has 0 atom stereocenters. The van der Waals surface area contributed by atoms with Crippen molar-refractivity contribution in [2.45, 2.75) is 52.4 Å². The largest absolute Gasteiger partial charge is 0.631 e. The van der Waals surface area contributed by atoms with Crippen LogP contribution in [0.2, 0.25) is 0 Å². The van der Waals surface area contributed by atoms with E-state index in [1.165, 1.54) is 5.56 Å². The van der Waals surface area contributed by atoms with Crippen LogP contribution in [-0.4, -0.2) is 38.7 Å². The number of benzene rings is 1. The van der Waals surface area contributed by atoms with Crippen LogP contribution in [0.3, 0.4) is 0 Å². The molecular weight excluding hydrogens is 259 g/mol. The summed E-state index contributed by atoms with van der Waals surface area (Å²) < 4.78 is 5.77. The zero-order valence-corrected chi connectivity index (χ0v) is 12.8. The summed E-state index contributed by atoms with van der Waals surface area (Å²) in [5, 5.41) is 31.4. The lowest BCUT2D eigenvalue weighted by Crippen LogP contribution is -2.47. The number of rotatable bonds is 4. The Kier molecular flexibility index (Phi) is 7.40. The van der Waals surface area contributed by atoms with Crippen molar-refractivity contribution in [2.24, 2.45) is 0 Å². The summed E-state index contributed by atoms with van der Waals surface area (Å²) in [4.78, 5) is 0.